The molecular formula is C23H21FN2O2S. The van der Waals surface area contributed by atoms with Gasteiger partial charge in [0.1, 0.15) is 17.8 Å². The number of oxazole rings is 1. The van der Waals surface area contributed by atoms with Gasteiger partial charge in [-0.3, -0.25) is 4.90 Å². The summed E-state index contributed by atoms with van der Waals surface area (Å²) in [6.07, 6.45) is 1.67. The SMILES string of the molecule is COc1ccccc1CN(Cc1coc(-c2ccc(F)cc2)n1)Cc1cccs1. The number of thiophene rings is 1. The number of rotatable bonds is 8. The highest BCUT2D eigenvalue weighted by molar-refractivity contribution is 7.09. The van der Waals surface area contributed by atoms with Gasteiger partial charge in [-0.2, -0.15) is 0 Å². The Hall–Kier alpha value is -2.96. The van der Waals surface area contributed by atoms with Crippen molar-refractivity contribution in [3.8, 4) is 17.2 Å². The van der Waals surface area contributed by atoms with E-state index in [2.05, 4.69) is 33.5 Å². The first-order chi connectivity index (χ1) is 14.2. The zero-order chi connectivity index (χ0) is 20.1. The van der Waals surface area contributed by atoms with E-state index in [0.29, 0.717) is 12.4 Å². The van der Waals surface area contributed by atoms with Crippen LogP contribution in [0.4, 0.5) is 4.39 Å². The van der Waals surface area contributed by atoms with E-state index >= 15 is 0 Å². The Morgan fingerprint density at radius 1 is 1.00 bits per heavy atom. The average molecular weight is 408 g/mol. The number of methoxy groups -OCH3 is 1. The molecule has 2 heterocycles. The molecule has 0 N–H and O–H groups in total. The van der Waals surface area contributed by atoms with E-state index in [1.54, 1.807) is 36.8 Å². The van der Waals surface area contributed by atoms with Crippen LogP contribution in [-0.2, 0) is 19.6 Å². The van der Waals surface area contributed by atoms with Crippen molar-refractivity contribution >= 4 is 11.3 Å². The minimum absolute atomic E-state index is 0.278. The minimum Gasteiger partial charge on any atom is -0.496 e. The molecule has 0 aliphatic heterocycles. The van der Waals surface area contributed by atoms with Gasteiger partial charge in [-0.25, -0.2) is 9.37 Å². The molecule has 6 heteroatoms. The van der Waals surface area contributed by atoms with Gasteiger partial charge in [-0.15, -0.1) is 11.3 Å². The van der Waals surface area contributed by atoms with Crippen LogP contribution in [0.3, 0.4) is 0 Å². The molecule has 0 aliphatic carbocycles. The molecule has 0 amide bonds. The first-order valence-electron chi connectivity index (χ1n) is 9.28. The van der Waals surface area contributed by atoms with E-state index < -0.39 is 0 Å². The van der Waals surface area contributed by atoms with Crippen molar-refractivity contribution in [1.29, 1.82) is 0 Å². The third-order valence-corrected chi connectivity index (χ3v) is 5.44. The lowest BCUT2D eigenvalue weighted by molar-refractivity contribution is 0.242. The summed E-state index contributed by atoms with van der Waals surface area (Å²) in [5, 5.41) is 2.08. The highest BCUT2D eigenvalue weighted by Crippen LogP contribution is 2.24. The van der Waals surface area contributed by atoms with Crippen molar-refractivity contribution < 1.29 is 13.5 Å². The van der Waals surface area contributed by atoms with Gasteiger partial charge in [0.05, 0.1) is 12.8 Å². The Labute approximate surface area is 173 Å². The number of aromatic nitrogens is 1. The second-order valence-corrected chi connectivity index (χ2v) is 7.72. The third-order valence-electron chi connectivity index (χ3n) is 4.57. The van der Waals surface area contributed by atoms with Crippen LogP contribution in [-0.4, -0.2) is 17.0 Å². The Morgan fingerprint density at radius 3 is 2.59 bits per heavy atom. The largest absolute Gasteiger partial charge is 0.496 e. The number of benzene rings is 2. The smallest absolute Gasteiger partial charge is 0.226 e. The second-order valence-electron chi connectivity index (χ2n) is 6.69. The standard InChI is InChI=1S/C23H21FN2O2S/c1-27-22-7-3-2-5-18(22)13-26(15-21-6-4-12-29-21)14-20-16-28-23(25-20)17-8-10-19(24)11-9-17/h2-12,16H,13-15H2,1H3. The lowest BCUT2D eigenvalue weighted by Gasteiger charge is -2.21. The summed E-state index contributed by atoms with van der Waals surface area (Å²) in [7, 11) is 1.69. The van der Waals surface area contributed by atoms with E-state index in [-0.39, 0.29) is 5.82 Å². The van der Waals surface area contributed by atoms with Crippen molar-refractivity contribution in [2.24, 2.45) is 0 Å². The lowest BCUT2D eigenvalue weighted by Crippen LogP contribution is -2.22. The highest BCUT2D eigenvalue weighted by Gasteiger charge is 2.15. The van der Waals surface area contributed by atoms with Crippen LogP contribution < -0.4 is 4.74 Å². The summed E-state index contributed by atoms with van der Waals surface area (Å²) in [5.74, 6) is 1.09. The topological polar surface area (TPSA) is 38.5 Å². The van der Waals surface area contributed by atoms with Crippen LogP contribution in [0.1, 0.15) is 16.1 Å². The molecule has 0 unspecified atom stereocenters. The molecule has 0 saturated carbocycles. The molecule has 0 fully saturated rings. The van der Waals surface area contributed by atoms with Crippen LogP contribution in [0.25, 0.3) is 11.5 Å². The minimum atomic E-state index is -0.278. The van der Waals surface area contributed by atoms with Gasteiger partial charge in [-0.1, -0.05) is 24.3 Å². The van der Waals surface area contributed by atoms with Gasteiger partial charge < -0.3 is 9.15 Å². The Bertz CT molecular complexity index is 1040. The molecular weight excluding hydrogens is 387 g/mol. The molecule has 0 spiro atoms. The predicted molar refractivity (Wildman–Crippen MR) is 112 cm³/mol. The molecule has 0 saturated heterocycles. The Kier molecular flexibility index (Phi) is 6.03. The maximum absolute atomic E-state index is 13.2. The van der Waals surface area contributed by atoms with E-state index in [1.807, 2.05) is 18.2 Å². The van der Waals surface area contributed by atoms with Crippen LogP contribution in [0, 0.1) is 5.82 Å². The molecule has 0 radical (unpaired) electrons. The monoisotopic (exact) mass is 408 g/mol. The third kappa shape index (κ3) is 4.91. The van der Waals surface area contributed by atoms with Crippen molar-refractivity contribution in [2.75, 3.05) is 7.11 Å². The Morgan fingerprint density at radius 2 is 1.83 bits per heavy atom. The fourth-order valence-corrected chi connectivity index (χ4v) is 3.95. The zero-order valence-electron chi connectivity index (χ0n) is 16.0. The fraction of sp³-hybridized carbons (Fsp3) is 0.174. The molecule has 2 aromatic carbocycles. The van der Waals surface area contributed by atoms with Gasteiger partial charge in [0, 0.05) is 35.6 Å². The van der Waals surface area contributed by atoms with E-state index in [0.717, 1.165) is 35.7 Å². The number of hydrogen-bond donors (Lipinski definition) is 0. The van der Waals surface area contributed by atoms with E-state index in [9.17, 15) is 4.39 Å². The summed E-state index contributed by atoms with van der Waals surface area (Å²) >= 11 is 1.73. The van der Waals surface area contributed by atoms with Crippen molar-refractivity contribution in [1.82, 2.24) is 9.88 Å². The number of nitrogens with zero attached hydrogens (tertiary/aromatic N) is 2. The number of ether oxygens (including phenoxy) is 1. The summed E-state index contributed by atoms with van der Waals surface area (Å²) in [6.45, 7) is 2.15. The summed E-state index contributed by atoms with van der Waals surface area (Å²) < 4.78 is 24.3. The molecule has 0 aliphatic rings. The number of hydrogen-bond acceptors (Lipinski definition) is 5. The molecule has 0 bridgehead atoms. The summed E-state index contributed by atoms with van der Waals surface area (Å²) in [6, 6.07) is 18.4. The van der Waals surface area contributed by atoms with Crippen LogP contribution in [0.2, 0.25) is 0 Å². The second kappa shape index (κ2) is 9.03. The Balaban J connectivity index is 1.54. The van der Waals surface area contributed by atoms with Gasteiger partial charge in [-0.05, 0) is 41.8 Å². The molecule has 4 rings (SSSR count). The van der Waals surface area contributed by atoms with Gasteiger partial charge in [0.25, 0.3) is 0 Å². The zero-order valence-corrected chi connectivity index (χ0v) is 16.9. The maximum Gasteiger partial charge on any atom is 0.226 e. The van der Waals surface area contributed by atoms with E-state index in [1.165, 1.54) is 17.0 Å². The lowest BCUT2D eigenvalue weighted by atomic mass is 10.2. The van der Waals surface area contributed by atoms with Crippen molar-refractivity contribution in [3.05, 3.63) is 94.3 Å². The van der Waals surface area contributed by atoms with Crippen LogP contribution in [0.5, 0.6) is 5.75 Å². The van der Waals surface area contributed by atoms with Crippen LogP contribution >= 0.6 is 11.3 Å². The van der Waals surface area contributed by atoms with Crippen LogP contribution in [0.15, 0.2) is 76.7 Å². The van der Waals surface area contributed by atoms with Gasteiger partial charge in [0.2, 0.25) is 5.89 Å². The maximum atomic E-state index is 13.2. The summed E-state index contributed by atoms with van der Waals surface area (Å²) in [5.41, 5.74) is 2.71. The molecule has 4 aromatic rings. The molecule has 148 valence electrons. The number of para-hydroxylation sites is 1. The predicted octanol–water partition coefficient (Wildman–Crippen LogP) is 5.75. The van der Waals surface area contributed by atoms with Gasteiger partial charge >= 0.3 is 0 Å². The normalized spacial score (nSPS) is 11.1. The molecule has 29 heavy (non-hydrogen) atoms. The molecule has 4 nitrogen and oxygen atoms in total. The number of halogens is 1. The summed E-state index contributed by atoms with van der Waals surface area (Å²) in [4.78, 5) is 8.19. The fourth-order valence-electron chi connectivity index (χ4n) is 3.20. The first-order valence-corrected chi connectivity index (χ1v) is 10.2. The molecule has 2 aromatic heterocycles. The quantitative estimate of drug-likeness (QED) is 0.372. The molecule has 0 atom stereocenters. The van der Waals surface area contributed by atoms with Crippen molar-refractivity contribution in [2.45, 2.75) is 19.6 Å². The van der Waals surface area contributed by atoms with Crippen molar-refractivity contribution in [3.63, 3.8) is 0 Å². The van der Waals surface area contributed by atoms with Gasteiger partial charge in [0.15, 0.2) is 0 Å². The average Bonchev–Trinajstić information content (AvgIpc) is 3.41. The first kappa shape index (κ1) is 19.4. The highest BCUT2D eigenvalue weighted by atomic mass is 32.1. The van der Waals surface area contributed by atoms with E-state index in [4.69, 9.17) is 9.15 Å².